The topological polar surface area (TPSA) is 78.4 Å². The van der Waals surface area contributed by atoms with Gasteiger partial charge in [-0.2, -0.15) is 12.2 Å². The van der Waals surface area contributed by atoms with Gasteiger partial charge in [0.1, 0.15) is 11.1 Å². The fraction of sp³-hybridized carbons (Fsp3) is 0.500. The Balaban J connectivity index is 2.84. The third-order valence-electron chi connectivity index (χ3n) is 1.93. The molecule has 0 aliphatic heterocycles. The van der Waals surface area contributed by atoms with Crippen molar-refractivity contribution in [2.24, 2.45) is 0 Å². The number of rotatable bonds is 6. The molecule has 0 saturated carbocycles. The number of nitrogens with zero attached hydrogens (tertiary/aromatic N) is 2. The summed E-state index contributed by atoms with van der Waals surface area (Å²) in [5, 5.41) is -1.05. The summed E-state index contributed by atoms with van der Waals surface area (Å²) in [4.78, 5) is 7.29. The van der Waals surface area contributed by atoms with Crippen molar-refractivity contribution in [3.8, 4) is 0 Å². The molecule has 0 aliphatic rings. The molecule has 17 heavy (non-hydrogen) atoms. The number of ether oxygens (including phenoxy) is 1. The second kappa shape index (κ2) is 6.20. The Bertz CT molecular complexity index is 453. The average Bonchev–Trinajstić information content (AvgIpc) is 2.31. The standard InChI is InChI=1S/C8H10ClFN2O4S/c1-15-5-7(17(13,14)16-9)2-8-11-3-6(10)4-12-8/h3-4,7H,2,5H2,1H3/t7-/m0/s1. The van der Waals surface area contributed by atoms with E-state index in [1.807, 2.05) is 0 Å². The summed E-state index contributed by atoms with van der Waals surface area (Å²) in [7, 11) is -2.63. The minimum atomic E-state index is -3.96. The molecule has 0 unspecified atom stereocenters. The third kappa shape index (κ3) is 4.15. The van der Waals surface area contributed by atoms with Crippen molar-refractivity contribution >= 4 is 22.0 Å². The van der Waals surface area contributed by atoms with Crippen molar-refractivity contribution in [3.05, 3.63) is 24.0 Å². The molecule has 0 radical (unpaired) electrons. The smallest absolute Gasteiger partial charge is 0.288 e. The van der Waals surface area contributed by atoms with Gasteiger partial charge in [-0.15, -0.1) is 0 Å². The van der Waals surface area contributed by atoms with Gasteiger partial charge in [0.2, 0.25) is 0 Å². The van der Waals surface area contributed by atoms with Gasteiger partial charge in [-0.1, -0.05) is 0 Å². The summed E-state index contributed by atoms with van der Waals surface area (Å²) in [6.45, 7) is -0.129. The lowest BCUT2D eigenvalue weighted by atomic mass is 10.3. The first-order chi connectivity index (χ1) is 7.99. The minimum Gasteiger partial charge on any atom is -0.383 e. The molecule has 1 heterocycles. The van der Waals surface area contributed by atoms with Crippen LogP contribution in [0.4, 0.5) is 4.39 Å². The molecular formula is C8H10ClFN2O4S. The highest BCUT2D eigenvalue weighted by molar-refractivity contribution is 7.88. The van der Waals surface area contributed by atoms with Crippen LogP contribution in [0.3, 0.4) is 0 Å². The van der Waals surface area contributed by atoms with E-state index >= 15 is 0 Å². The lowest BCUT2D eigenvalue weighted by Crippen LogP contribution is -2.29. The van der Waals surface area contributed by atoms with E-state index < -0.39 is 21.2 Å². The van der Waals surface area contributed by atoms with Crippen LogP contribution in [0.2, 0.25) is 0 Å². The predicted molar refractivity (Wildman–Crippen MR) is 57.2 cm³/mol. The average molecular weight is 285 g/mol. The van der Waals surface area contributed by atoms with E-state index in [0.29, 0.717) is 0 Å². The van der Waals surface area contributed by atoms with E-state index in [9.17, 15) is 12.8 Å². The molecule has 0 aromatic carbocycles. The second-order valence-corrected chi connectivity index (χ2v) is 5.31. The molecule has 0 amide bonds. The summed E-state index contributed by atoms with van der Waals surface area (Å²) in [5.41, 5.74) is 0. The third-order valence-corrected chi connectivity index (χ3v) is 3.75. The molecule has 6 nitrogen and oxygen atoms in total. The zero-order chi connectivity index (χ0) is 12.9. The molecule has 0 aliphatic carbocycles. The summed E-state index contributed by atoms with van der Waals surface area (Å²) in [6.07, 6.45) is 1.81. The van der Waals surface area contributed by atoms with Crippen molar-refractivity contribution < 1.29 is 21.3 Å². The molecule has 1 rings (SSSR count). The van der Waals surface area contributed by atoms with Crippen LogP contribution in [0, 0.1) is 5.82 Å². The quantitative estimate of drug-likeness (QED) is 0.764. The lowest BCUT2D eigenvalue weighted by Gasteiger charge is -2.12. The number of methoxy groups -OCH3 is 1. The minimum absolute atomic E-state index is 0.0802. The highest BCUT2D eigenvalue weighted by Gasteiger charge is 2.27. The summed E-state index contributed by atoms with van der Waals surface area (Å²) in [5.74, 6) is -0.445. The molecule has 96 valence electrons. The van der Waals surface area contributed by atoms with E-state index in [2.05, 4.69) is 13.7 Å². The van der Waals surface area contributed by atoms with Gasteiger partial charge in [0.05, 0.1) is 30.9 Å². The largest absolute Gasteiger partial charge is 0.383 e. The van der Waals surface area contributed by atoms with Gasteiger partial charge < -0.3 is 4.74 Å². The van der Waals surface area contributed by atoms with Crippen LogP contribution in [0.5, 0.6) is 0 Å². The Morgan fingerprint density at radius 3 is 2.53 bits per heavy atom. The Morgan fingerprint density at radius 2 is 2.06 bits per heavy atom. The molecule has 1 atom stereocenters. The summed E-state index contributed by atoms with van der Waals surface area (Å²) >= 11 is 4.87. The van der Waals surface area contributed by atoms with Gasteiger partial charge in [0.15, 0.2) is 5.82 Å². The number of aromatic nitrogens is 2. The van der Waals surface area contributed by atoms with Gasteiger partial charge in [-0.25, -0.2) is 14.4 Å². The molecule has 0 fully saturated rings. The maximum Gasteiger partial charge on any atom is 0.288 e. The van der Waals surface area contributed by atoms with E-state index in [1.54, 1.807) is 0 Å². The predicted octanol–water partition coefficient (Wildman–Crippen LogP) is 0.673. The van der Waals surface area contributed by atoms with Crippen molar-refractivity contribution in [1.29, 1.82) is 0 Å². The summed E-state index contributed by atoms with van der Waals surface area (Å²) in [6, 6.07) is 0. The Kier molecular flexibility index (Phi) is 5.19. The molecule has 0 bridgehead atoms. The Morgan fingerprint density at radius 1 is 1.47 bits per heavy atom. The second-order valence-electron chi connectivity index (χ2n) is 3.15. The molecule has 1 aromatic rings. The Hall–Kier alpha value is -0.830. The van der Waals surface area contributed by atoms with E-state index in [-0.39, 0.29) is 18.9 Å². The monoisotopic (exact) mass is 284 g/mol. The van der Waals surface area contributed by atoms with Gasteiger partial charge in [0.25, 0.3) is 10.1 Å². The normalized spacial score (nSPS) is 13.6. The molecule has 0 N–H and O–H groups in total. The van der Waals surface area contributed by atoms with Crippen LogP contribution >= 0.6 is 11.9 Å². The maximum absolute atomic E-state index is 12.6. The fourth-order valence-electron chi connectivity index (χ4n) is 1.13. The molecular weight excluding hydrogens is 275 g/mol. The number of hydrogen-bond donors (Lipinski definition) is 0. The van der Waals surface area contributed by atoms with Gasteiger partial charge in [0, 0.05) is 13.5 Å². The highest BCUT2D eigenvalue weighted by Crippen LogP contribution is 2.11. The highest BCUT2D eigenvalue weighted by atomic mass is 35.5. The molecule has 0 spiro atoms. The van der Waals surface area contributed by atoms with Gasteiger partial charge >= 0.3 is 0 Å². The van der Waals surface area contributed by atoms with Crippen LogP contribution in [0.15, 0.2) is 12.4 Å². The number of hydrogen-bond acceptors (Lipinski definition) is 6. The van der Waals surface area contributed by atoms with E-state index in [0.717, 1.165) is 12.4 Å². The number of halogens is 2. The maximum atomic E-state index is 12.6. The van der Waals surface area contributed by atoms with E-state index in [4.69, 9.17) is 16.6 Å². The van der Waals surface area contributed by atoms with Crippen LogP contribution in [-0.2, 0) is 25.0 Å². The SMILES string of the molecule is COC[C@H](Cc1ncc(F)cn1)S(=O)(=O)OCl. The van der Waals surface area contributed by atoms with Gasteiger partial charge in [-0.05, 0) is 0 Å². The first kappa shape index (κ1) is 14.2. The fourth-order valence-corrected chi connectivity index (χ4v) is 2.20. The summed E-state index contributed by atoms with van der Waals surface area (Å²) < 4.78 is 44.0. The Labute approximate surface area is 103 Å². The van der Waals surface area contributed by atoms with Crippen molar-refractivity contribution in [1.82, 2.24) is 9.97 Å². The zero-order valence-electron chi connectivity index (χ0n) is 8.84. The van der Waals surface area contributed by atoms with Crippen molar-refractivity contribution in [2.45, 2.75) is 11.7 Å². The molecule has 0 saturated heterocycles. The van der Waals surface area contributed by atoms with Crippen LogP contribution in [-0.4, -0.2) is 37.4 Å². The lowest BCUT2D eigenvalue weighted by molar-refractivity contribution is 0.193. The zero-order valence-corrected chi connectivity index (χ0v) is 10.4. The van der Waals surface area contributed by atoms with Crippen LogP contribution < -0.4 is 0 Å². The first-order valence-corrected chi connectivity index (χ1v) is 6.27. The van der Waals surface area contributed by atoms with Crippen LogP contribution in [0.25, 0.3) is 0 Å². The van der Waals surface area contributed by atoms with E-state index in [1.165, 1.54) is 7.11 Å². The molecule has 9 heteroatoms. The first-order valence-electron chi connectivity index (χ1n) is 4.49. The van der Waals surface area contributed by atoms with Gasteiger partial charge in [-0.3, -0.25) is 0 Å². The van der Waals surface area contributed by atoms with Crippen molar-refractivity contribution in [2.75, 3.05) is 13.7 Å². The van der Waals surface area contributed by atoms with Crippen LogP contribution in [0.1, 0.15) is 5.82 Å². The molecule has 1 aromatic heterocycles. The van der Waals surface area contributed by atoms with Crippen molar-refractivity contribution in [3.63, 3.8) is 0 Å².